The number of hydrogen-bond acceptors (Lipinski definition) is 2. The molecule has 1 atom stereocenters. The maximum Gasteiger partial charge on any atom is 0.192 e. The van der Waals surface area contributed by atoms with Crippen molar-refractivity contribution in [2.45, 2.75) is 59.2 Å². The lowest BCUT2D eigenvalue weighted by Crippen LogP contribution is -2.42. The molecule has 0 saturated heterocycles. The van der Waals surface area contributed by atoms with Gasteiger partial charge < -0.3 is 10.2 Å². The highest BCUT2D eigenvalue weighted by Gasteiger charge is 2.37. The van der Waals surface area contributed by atoms with Crippen molar-refractivity contribution in [1.82, 2.24) is 0 Å². The Morgan fingerprint density at radius 1 is 1.32 bits per heavy atom. The van der Waals surface area contributed by atoms with Crippen LogP contribution < -0.4 is 5.73 Å². The molecule has 0 bridgehead atoms. The van der Waals surface area contributed by atoms with Crippen molar-refractivity contribution >= 4 is 8.32 Å². The third kappa shape index (κ3) is 7.23. The van der Waals surface area contributed by atoms with Crippen LogP contribution in [-0.2, 0) is 4.43 Å². The molecule has 2 N–H and O–H groups in total. The zero-order valence-corrected chi connectivity index (χ0v) is 14.7. The zero-order chi connectivity index (χ0) is 15.3. The Kier molecular flexibility index (Phi) is 7.48. The van der Waals surface area contributed by atoms with E-state index in [-0.39, 0.29) is 23.3 Å². The predicted molar refractivity (Wildman–Crippen MR) is 84.3 cm³/mol. The van der Waals surface area contributed by atoms with Gasteiger partial charge in [-0.25, -0.2) is 4.39 Å². The molecule has 0 amide bonds. The van der Waals surface area contributed by atoms with Gasteiger partial charge in [-0.1, -0.05) is 34.6 Å². The van der Waals surface area contributed by atoms with Crippen molar-refractivity contribution in [2.75, 3.05) is 13.2 Å². The van der Waals surface area contributed by atoms with E-state index < -0.39 is 8.32 Å². The minimum Gasteiger partial charge on any atom is -0.416 e. The third-order valence-corrected chi connectivity index (χ3v) is 8.35. The maximum absolute atomic E-state index is 13.4. The van der Waals surface area contributed by atoms with Crippen LogP contribution >= 0.6 is 0 Å². The summed E-state index contributed by atoms with van der Waals surface area (Å²) in [7, 11) is -1.76. The summed E-state index contributed by atoms with van der Waals surface area (Å²) < 4.78 is 19.6. The summed E-state index contributed by atoms with van der Waals surface area (Å²) in [5, 5.41) is 0.186. The number of halogens is 1. The summed E-state index contributed by atoms with van der Waals surface area (Å²) in [6.07, 6.45) is 2.58. The summed E-state index contributed by atoms with van der Waals surface area (Å²) >= 11 is 0. The lowest BCUT2D eigenvalue weighted by atomic mass is 9.97. The van der Waals surface area contributed by atoms with E-state index in [1.54, 1.807) is 6.08 Å². The SMILES string of the molecule is CC(C)C[C@H](/C=C(\F)CN)CO[Si](C)(C)C(C)(C)C. The second-order valence-corrected chi connectivity index (χ2v) is 12.1. The molecule has 0 saturated carbocycles. The first-order chi connectivity index (χ1) is 8.49. The van der Waals surface area contributed by atoms with Gasteiger partial charge in [0.05, 0.1) is 0 Å². The molecule has 0 unspecified atom stereocenters. The van der Waals surface area contributed by atoms with Crippen LogP contribution in [0.4, 0.5) is 4.39 Å². The zero-order valence-electron chi connectivity index (χ0n) is 13.7. The van der Waals surface area contributed by atoms with Crippen LogP contribution in [0.1, 0.15) is 41.0 Å². The minimum absolute atomic E-state index is 0.0192. The van der Waals surface area contributed by atoms with Crippen LogP contribution in [0.15, 0.2) is 11.9 Å². The molecule has 0 rings (SSSR count). The Balaban J connectivity index is 4.67. The Hall–Kier alpha value is -0.193. The molecule has 2 nitrogen and oxygen atoms in total. The summed E-state index contributed by atoms with van der Waals surface area (Å²) in [6.45, 7) is 16.0. The molecule has 0 aliphatic carbocycles. The molecule has 0 aromatic carbocycles. The van der Waals surface area contributed by atoms with Gasteiger partial charge in [-0.2, -0.15) is 0 Å². The predicted octanol–water partition coefficient (Wildman–Crippen LogP) is 4.48. The highest BCUT2D eigenvalue weighted by molar-refractivity contribution is 6.74. The maximum atomic E-state index is 13.4. The van der Waals surface area contributed by atoms with E-state index in [0.717, 1.165) is 6.42 Å². The van der Waals surface area contributed by atoms with E-state index in [1.165, 1.54) is 0 Å². The van der Waals surface area contributed by atoms with Crippen molar-refractivity contribution in [3.05, 3.63) is 11.9 Å². The van der Waals surface area contributed by atoms with Gasteiger partial charge >= 0.3 is 0 Å². The van der Waals surface area contributed by atoms with E-state index in [9.17, 15) is 4.39 Å². The van der Waals surface area contributed by atoms with E-state index in [4.69, 9.17) is 10.2 Å². The lowest BCUT2D eigenvalue weighted by molar-refractivity contribution is 0.233. The molecule has 19 heavy (non-hydrogen) atoms. The highest BCUT2D eigenvalue weighted by Crippen LogP contribution is 2.37. The first-order valence-electron chi connectivity index (χ1n) is 7.20. The quantitative estimate of drug-likeness (QED) is 0.701. The van der Waals surface area contributed by atoms with E-state index in [2.05, 4.69) is 47.7 Å². The van der Waals surface area contributed by atoms with Crippen LogP contribution in [0.25, 0.3) is 0 Å². The second kappa shape index (κ2) is 7.55. The average Bonchev–Trinajstić information content (AvgIpc) is 2.23. The van der Waals surface area contributed by atoms with Gasteiger partial charge in [-0.05, 0) is 36.5 Å². The van der Waals surface area contributed by atoms with Crippen LogP contribution in [0.2, 0.25) is 18.1 Å². The summed E-state index contributed by atoms with van der Waals surface area (Å²) in [5.41, 5.74) is 5.33. The van der Waals surface area contributed by atoms with Crippen LogP contribution in [0, 0.1) is 11.8 Å². The fourth-order valence-corrected chi connectivity index (χ4v) is 2.71. The van der Waals surface area contributed by atoms with E-state index in [1.807, 2.05) is 0 Å². The molecule has 4 heteroatoms. The van der Waals surface area contributed by atoms with Gasteiger partial charge in [0, 0.05) is 19.1 Å². The largest absolute Gasteiger partial charge is 0.416 e. The normalized spacial score (nSPS) is 16.0. The third-order valence-electron chi connectivity index (χ3n) is 3.85. The molecule has 0 aromatic heterocycles. The molecule has 0 heterocycles. The van der Waals surface area contributed by atoms with Gasteiger partial charge in [-0.15, -0.1) is 0 Å². The number of hydrogen-bond donors (Lipinski definition) is 1. The van der Waals surface area contributed by atoms with Gasteiger partial charge in [-0.3, -0.25) is 0 Å². The molecule has 114 valence electrons. The Bertz CT molecular complexity index is 295. The lowest BCUT2D eigenvalue weighted by Gasteiger charge is -2.37. The molecule has 0 aromatic rings. The molecule has 0 aliphatic heterocycles. The van der Waals surface area contributed by atoms with Crippen molar-refractivity contribution in [2.24, 2.45) is 17.6 Å². The smallest absolute Gasteiger partial charge is 0.192 e. The molecule has 0 fully saturated rings. The van der Waals surface area contributed by atoms with Crippen molar-refractivity contribution in [3.8, 4) is 0 Å². The van der Waals surface area contributed by atoms with Crippen molar-refractivity contribution < 1.29 is 8.82 Å². The van der Waals surface area contributed by atoms with E-state index in [0.29, 0.717) is 12.5 Å². The van der Waals surface area contributed by atoms with Crippen LogP contribution in [0.5, 0.6) is 0 Å². The molecule has 0 spiro atoms. The molecular weight excluding hydrogens is 257 g/mol. The second-order valence-electron chi connectivity index (χ2n) is 7.28. The number of rotatable bonds is 7. The van der Waals surface area contributed by atoms with Crippen LogP contribution in [-0.4, -0.2) is 21.5 Å². The minimum atomic E-state index is -1.76. The van der Waals surface area contributed by atoms with Gasteiger partial charge in [0.2, 0.25) is 0 Å². The standard InChI is InChI=1S/C15H32FNOSi/c1-12(2)8-13(9-14(16)10-17)11-18-19(6,7)15(3,4)5/h9,12-13H,8,10-11,17H2,1-7H3/b14-9-/t13-/m1/s1. The summed E-state index contributed by atoms with van der Waals surface area (Å²) in [6, 6.07) is 0. The first kappa shape index (κ1) is 18.8. The molecule has 0 aliphatic rings. The highest BCUT2D eigenvalue weighted by atomic mass is 28.4. The first-order valence-corrected chi connectivity index (χ1v) is 10.1. The van der Waals surface area contributed by atoms with Gasteiger partial charge in [0.15, 0.2) is 8.32 Å². The fraction of sp³-hybridized carbons (Fsp3) is 0.867. The monoisotopic (exact) mass is 289 g/mol. The van der Waals surface area contributed by atoms with Crippen molar-refractivity contribution in [1.29, 1.82) is 0 Å². The summed E-state index contributed by atoms with van der Waals surface area (Å²) in [4.78, 5) is 0. The van der Waals surface area contributed by atoms with Gasteiger partial charge in [0.25, 0.3) is 0 Å². The Morgan fingerprint density at radius 3 is 2.21 bits per heavy atom. The van der Waals surface area contributed by atoms with Crippen molar-refractivity contribution in [3.63, 3.8) is 0 Å². The molecule has 0 radical (unpaired) electrons. The average molecular weight is 290 g/mol. The van der Waals surface area contributed by atoms with Gasteiger partial charge in [0.1, 0.15) is 5.83 Å². The topological polar surface area (TPSA) is 35.2 Å². The Labute approximate surface area is 119 Å². The fourth-order valence-electron chi connectivity index (χ4n) is 1.65. The van der Waals surface area contributed by atoms with Crippen LogP contribution in [0.3, 0.4) is 0 Å². The summed E-state index contributed by atoms with van der Waals surface area (Å²) in [5.74, 6) is 0.414. The number of nitrogens with two attached hydrogens (primary N) is 1. The van der Waals surface area contributed by atoms with E-state index >= 15 is 0 Å². The Morgan fingerprint density at radius 2 is 1.84 bits per heavy atom. The molecular formula is C15H32FNOSi.